The fourth-order valence-corrected chi connectivity index (χ4v) is 4.57. The number of carbonyl (C=O) groups excluding carboxylic acids is 1. The second-order valence-corrected chi connectivity index (χ2v) is 7.30. The summed E-state index contributed by atoms with van der Waals surface area (Å²) in [5, 5.41) is 2.11. The first kappa shape index (κ1) is 16.2. The Morgan fingerprint density at radius 1 is 1.22 bits per heavy atom. The third-order valence-electron chi connectivity index (χ3n) is 3.84. The third kappa shape index (κ3) is 3.48. The van der Waals surface area contributed by atoms with Gasteiger partial charge in [0, 0.05) is 11.4 Å². The minimum Gasteiger partial charge on any atom is -0.493 e. The lowest BCUT2D eigenvalue weighted by molar-refractivity contribution is -0.128. The summed E-state index contributed by atoms with van der Waals surface area (Å²) in [6, 6.07) is 10.0. The van der Waals surface area contributed by atoms with Crippen molar-refractivity contribution in [1.29, 1.82) is 0 Å². The van der Waals surface area contributed by atoms with Gasteiger partial charge in [0.05, 0.1) is 20.0 Å². The molecule has 0 saturated carbocycles. The van der Waals surface area contributed by atoms with Gasteiger partial charge in [-0.15, -0.1) is 23.1 Å². The van der Waals surface area contributed by atoms with Gasteiger partial charge in [0.2, 0.25) is 5.91 Å². The van der Waals surface area contributed by atoms with Crippen molar-refractivity contribution in [1.82, 2.24) is 4.90 Å². The molecule has 1 aromatic carbocycles. The molecular weight excluding hydrogens is 330 g/mol. The normalized spacial score (nSPS) is 17.6. The Hall–Kier alpha value is -1.66. The summed E-state index contributed by atoms with van der Waals surface area (Å²) in [7, 11) is 3.25. The predicted octanol–water partition coefficient (Wildman–Crippen LogP) is 3.58. The van der Waals surface area contributed by atoms with Gasteiger partial charge in [-0.05, 0) is 35.6 Å². The Kier molecular flexibility index (Phi) is 5.13. The van der Waals surface area contributed by atoms with Gasteiger partial charge in [0.25, 0.3) is 0 Å². The molecule has 1 fully saturated rings. The van der Waals surface area contributed by atoms with Crippen LogP contribution in [-0.2, 0) is 11.2 Å². The lowest BCUT2D eigenvalue weighted by Crippen LogP contribution is -2.30. The SMILES string of the molecule is COc1ccc(C2SCC(=O)N2CCc2cccs2)cc1OC. The maximum absolute atomic E-state index is 12.2. The van der Waals surface area contributed by atoms with E-state index in [2.05, 4.69) is 11.4 Å². The highest BCUT2D eigenvalue weighted by Crippen LogP contribution is 2.41. The van der Waals surface area contributed by atoms with E-state index in [1.165, 1.54) is 4.88 Å². The molecule has 2 aromatic rings. The van der Waals surface area contributed by atoms with Crippen molar-refractivity contribution in [3.8, 4) is 11.5 Å². The van der Waals surface area contributed by atoms with Crippen LogP contribution in [0.1, 0.15) is 15.8 Å². The Labute approximate surface area is 144 Å². The molecule has 0 aliphatic carbocycles. The molecule has 0 spiro atoms. The van der Waals surface area contributed by atoms with E-state index in [1.807, 2.05) is 29.2 Å². The largest absolute Gasteiger partial charge is 0.493 e. The average Bonchev–Trinajstić information content (AvgIpc) is 3.22. The van der Waals surface area contributed by atoms with E-state index in [0.29, 0.717) is 17.3 Å². The fraction of sp³-hybridized carbons (Fsp3) is 0.353. The van der Waals surface area contributed by atoms with Gasteiger partial charge in [-0.2, -0.15) is 0 Å². The molecule has 0 N–H and O–H groups in total. The van der Waals surface area contributed by atoms with Crippen LogP contribution < -0.4 is 9.47 Å². The molecule has 6 heteroatoms. The van der Waals surface area contributed by atoms with Crippen LogP contribution in [0.5, 0.6) is 11.5 Å². The minimum atomic E-state index is 0.0438. The highest BCUT2D eigenvalue weighted by atomic mass is 32.2. The van der Waals surface area contributed by atoms with E-state index in [9.17, 15) is 4.79 Å². The van der Waals surface area contributed by atoms with Crippen molar-refractivity contribution < 1.29 is 14.3 Å². The molecule has 4 nitrogen and oxygen atoms in total. The molecule has 122 valence electrons. The van der Waals surface area contributed by atoms with Gasteiger partial charge in [-0.1, -0.05) is 12.1 Å². The van der Waals surface area contributed by atoms with Gasteiger partial charge in [-0.3, -0.25) is 4.79 Å². The maximum Gasteiger partial charge on any atom is 0.233 e. The van der Waals surface area contributed by atoms with Gasteiger partial charge < -0.3 is 14.4 Å². The number of hydrogen-bond donors (Lipinski definition) is 0. The van der Waals surface area contributed by atoms with Crippen molar-refractivity contribution >= 4 is 29.0 Å². The van der Waals surface area contributed by atoms with Gasteiger partial charge in [0.15, 0.2) is 11.5 Å². The first-order valence-corrected chi connectivity index (χ1v) is 9.31. The number of thiophene rings is 1. The van der Waals surface area contributed by atoms with E-state index in [1.54, 1.807) is 37.3 Å². The van der Waals surface area contributed by atoms with Crippen LogP contribution in [0.2, 0.25) is 0 Å². The summed E-state index contributed by atoms with van der Waals surface area (Å²) in [6.45, 7) is 0.741. The number of rotatable bonds is 6. The highest BCUT2D eigenvalue weighted by molar-refractivity contribution is 8.00. The summed E-state index contributed by atoms with van der Waals surface area (Å²) < 4.78 is 10.7. The molecule has 0 radical (unpaired) electrons. The standard InChI is InChI=1S/C17H19NO3S2/c1-20-14-6-5-12(10-15(14)21-2)17-18(16(19)11-23-17)8-7-13-4-3-9-22-13/h3-6,9-10,17H,7-8,11H2,1-2H3. The molecule has 1 atom stereocenters. The van der Waals surface area contributed by atoms with E-state index in [4.69, 9.17) is 9.47 Å². The zero-order valence-electron chi connectivity index (χ0n) is 13.2. The quantitative estimate of drug-likeness (QED) is 0.799. The van der Waals surface area contributed by atoms with E-state index >= 15 is 0 Å². The van der Waals surface area contributed by atoms with Crippen LogP contribution in [0.25, 0.3) is 0 Å². The fourth-order valence-electron chi connectivity index (χ4n) is 2.66. The van der Waals surface area contributed by atoms with E-state index in [-0.39, 0.29) is 11.3 Å². The van der Waals surface area contributed by atoms with Crippen LogP contribution >= 0.6 is 23.1 Å². The third-order valence-corrected chi connectivity index (χ3v) is 6.03. The molecule has 2 heterocycles. The van der Waals surface area contributed by atoms with Crippen molar-refractivity contribution in [2.24, 2.45) is 0 Å². The number of hydrogen-bond acceptors (Lipinski definition) is 5. The van der Waals surface area contributed by atoms with Crippen molar-refractivity contribution in [3.63, 3.8) is 0 Å². The monoisotopic (exact) mass is 349 g/mol. The zero-order chi connectivity index (χ0) is 16.2. The molecule has 23 heavy (non-hydrogen) atoms. The van der Waals surface area contributed by atoms with Crippen LogP contribution in [0.3, 0.4) is 0 Å². The molecule has 1 saturated heterocycles. The number of nitrogens with zero attached hydrogens (tertiary/aromatic N) is 1. The molecule has 1 amide bonds. The number of methoxy groups -OCH3 is 2. The van der Waals surface area contributed by atoms with Gasteiger partial charge in [-0.25, -0.2) is 0 Å². The molecular formula is C17H19NO3S2. The second-order valence-electron chi connectivity index (χ2n) is 5.19. The van der Waals surface area contributed by atoms with Crippen LogP contribution in [0.4, 0.5) is 0 Å². The Balaban J connectivity index is 1.78. The number of amides is 1. The smallest absolute Gasteiger partial charge is 0.233 e. The van der Waals surface area contributed by atoms with E-state index < -0.39 is 0 Å². The van der Waals surface area contributed by atoms with E-state index in [0.717, 1.165) is 18.5 Å². The summed E-state index contributed by atoms with van der Waals surface area (Å²) in [4.78, 5) is 15.5. The molecule has 1 aliphatic heterocycles. The Morgan fingerprint density at radius 2 is 2.04 bits per heavy atom. The number of carbonyl (C=O) groups is 1. The van der Waals surface area contributed by atoms with Crippen molar-refractivity contribution in [2.75, 3.05) is 26.5 Å². The van der Waals surface area contributed by atoms with Crippen LogP contribution in [0, 0.1) is 0 Å². The predicted molar refractivity (Wildman–Crippen MR) is 94.5 cm³/mol. The number of thioether (sulfide) groups is 1. The summed E-state index contributed by atoms with van der Waals surface area (Å²) in [5.74, 6) is 2.13. The lowest BCUT2D eigenvalue weighted by Gasteiger charge is -2.24. The minimum absolute atomic E-state index is 0.0438. The van der Waals surface area contributed by atoms with Crippen molar-refractivity contribution in [2.45, 2.75) is 11.8 Å². The van der Waals surface area contributed by atoms with Crippen molar-refractivity contribution in [3.05, 3.63) is 46.2 Å². The first-order chi connectivity index (χ1) is 11.2. The number of benzene rings is 1. The Morgan fingerprint density at radius 3 is 2.74 bits per heavy atom. The molecule has 1 aliphatic rings. The molecule has 1 unspecified atom stereocenters. The molecule has 1 aromatic heterocycles. The summed E-state index contributed by atoms with van der Waals surface area (Å²) in [6.07, 6.45) is 0.897. The topological polar surface area (TPSA) is 38.8 Å². The average molecular weight is 349 g/mol. The van der Waals surface area contributed by atoms with Gasteiger partial charge in [0.1, 0.15) is 5.37 Å². The highest BCUT2D eigenvalue weighted by Gasteiger charge is 2.32. The van der Waals surface area contributed by atoms with Crippen LogP contribution in [0.15, 0.2) is 35.7 Å². The molecule has 3 rings (SSSR count). The molecule has 0 bridgehead atoms. The second kappa shape index (κ2) is 7.27. The number of ether oxygens (including phenoxy) is 2. The Bertz CT molecular complexity index is 672. The summed E-state index contributed by atoms with van der Waals surface area (Å²) in [5.41, 5.74) is 1.07. The van der Waals surface area contributed by atoms with Gasteiger partial charge >= 0.3 is 0 Å². The van der Waals surface area contributed by atoms with Crippen LogP contribution in [-0.4, -0.2) is 37.3 Å². The summed E-state index contributed by atoms with van der Waals surface area (Å²) >= 11 is 3.40. The zero-order valence-corrected chi connectivity index (χ0v) is 14.8. The lowest BCUT2D eigenvalue weighted by atomic mass is 10.1. The first-order valence-electron chi connectivity index (χ1n) is 7.38. The maximum atomic E-state index is 12.2.